The molecule has 0 unspecified atom stereocenters. The molecule has 0 aliphatic rings. The van der Waals surface area contributed by atoms with Gasteiger partial charge in [0.2, 0.25) is 0 Å². The van der Waals surface area contributed by atoms with E-state index >= 15 is 0 Å². The molecule has 0 aromatic heterocycles. The topological polar surface area (TPSA) is 79.8 Å². The number of nitrogens with zero attached hydrogens (tertiary/aromatic N) is 1. The lowest BCUT2D eigenvalue weighted by molar-refractivity contribution is -0.123. The van der Waals surface area contributed by atoms with Gasteiger partial charge in [-0.1, -0.05) is 42.0 Å². The van der Waals surface area contributed by atoms with Crippen LogP contribution in [0.3, 0.4) is 0 Å². The summed E-state index contributed by atoms with van der Waals surface area (Å²) in [4.78, 5) is 24.2. The Kier molecular flexibility index (Phi) is 6.95. The third-order valence-corrected chi connectivity index (χ3v) is 4.22. The largest absolute Gasteiger partial charge is 0.484 e. The van der Waals surface area contributed by atoms with Crippen molar-refractivity contribution in [1.82, 2.24) is 5.43 Å². The third kappa shape index (κ3) is 6.31. The van der Waals surface area contributed by atoms with Gasteiger partial charge in [0.15, 0.2) is 6.61 Å². The number of hydrogen-bond acceptors (Lipinski definition) is 4. The highest BCUT2D eigenvalue weighted by Crippen LogP contribution is 2.13. The average molecular weight is 401 g/mol. The molecule has 0 saturated carbocycles. The van der Waals surface area contributed by atoms with Gasteiger partial charge in [-0.05, 0) is 61.4 Å². The fourth-order valence-electron chi connectivity index (χ4n) is 2.67. The SMILES string of the molecule is Cc1ccc(C(=O)Nc2cccc(/C=N/NC(=O)COc3cccc(C)c3)c2)cc1. The van der Waals surface area contributed by atoms with Crippen molar-refractivity contribution in [3.05, 3.63) is 95.1 Å². The molecule has 3 aromatic carbocycles. The van der Waals surface area contributed by atoms with E-state index in [9.17, 15) is 9.59 Å². The summed E-state index contributed by atoms with van der Waals surface area (Å²) < 4.78 is 5.43. The van der Waals surface area contributed by atoms with Crippen molar-refractivity contribution in [2.75, 3.05) is 11.9 Å². The van der Waals surface area contributed by atoms with Crippen LogP contribution in [0.15, 0.2) is 77.9 Å². The van der Waals surface area contributed by atoms with Crippen molar-refractivity contribution in [2.24, 2.45) is 5.10 Å². The summed E-state index contributed by atoms with van der Waals surface area (Å²) in [5.74, 6) is 0.0772. The Morgan fingerprint density at radius 1 is 0.933 bits per heavy atom. The van der Waals surface area contributed by atoms with E-state index in [4.69, 9.17) is 4.74 Å². The van der Waals surface area contributed by atoms with Gasteiger partial charge in [0, 0.05) is 11.3 Å². The number of aryl methyl sites for hydroxylation is 2. The van der Waals surface area contributed by atoms with Crippen molar-refractivity contribution in [2.45, 2.75) is 13.8 Å². The summed E-state index contributed by atoms with van der Waals surface area (Å²) in [7, 11) is 0. The minimum atomic E-state index is -0.364. The molecule has 2 amide bonds. The van der Waals surface area contributed by atoms with Crippen molar-refractivity contribution in [3.8, 4) is 5.75 Å². The fourth-order valence-corrected chi connectivity index (χ4v) is 2.67. The van der Waals surface area contributed by atoms with E-state index in [1.165, 1.54) is 6.21 Å². The molecule has 0 radical (unpaired) electrons. The number of nitrogens with one attached hydrogen (secondary N) is 2. The van der Waals surface area contributed by atoms with Crippen LogP contribution in [-0.4, -0.2) is 24.6 Å². The summed E-state index contributed by atoms with van der Waals surface area (Å²) in [5.41, 5.74) is 6.53. The minimum absolute atomic E-state index is 0.132. The number of amides is 2. The molecule has 0 fully saturated rings. The second-order valence-electron chi connectivity index (χ2n) is 6.84. The Hall–Kier alpha value is -3.93. The molecule has 0 atom stereocenters. The number of benzene rings is 3. The van der Waals surface area contributed by atoms with Gasteiger partial charge in [0.1, 0.15) is 5.75 Å². The van der Waals surface area contributed by atoms with Gasteiger partial charge in [-0.3, -0.25) is 9.59 Å². The van der Waals surface area contributed by atoms with Crippen molar-refractivity contribution in [1.29, 1.82) is 0 Å². The predicted octanol–water partition coefficient (Wildman–Crippen LogP) is 4.08. The van der Waals surface area contributed by atoms with Crippen LogP contribution in [0.1, 0.15) is 27.0 Å². The zero-order chi connectivity index (χ0) is 21.3. The quantitative estimate of drug-likeness (QED) is 0.462. The normalized spacial score (nSPS) is 10.6. The molecular weight excluding hydrogens is 378 g/mol. The van der Waals surface area contributed by atoms with Crippen LogP contribution in [0.4, 0.5) is 5.69 Å². The summed E-state index contributed by atoms with van der Waals surface area (Å²) in [6, 6.07) is 22.0. The number of anilines is 1. The number of hydrazone groups is 1. The smallest absolute Gasteiger partial charge is 0.277 e. The molecule has 0 spiro atoms. The van der Waals surface area contributed by atoms with E-state index in [1.54, 1.807) is 36.4 Å². The molecule has 2 N–H and O–H groups in total. The molecule has 0 heterocycles. The van der Waals surface area contributed by atoms with Crippen molar-refractivity contribution in [3.63, 3.8) is 0 Å². The zero-order valence-corrected chi connectivity index (χ0v) is 16.9. The first-order valence-corrected chi connectivity index (χ1v) is 9.49. The van der Waals surface area contributed by atoms with E-state index in [0.717, 1.165) is 16.7 Å². The maximum Gasteiger partial charge on any atom is 0.277 e. The van der Waals surface area contributed by atoms with Crippen LogP contribution in [-0.2, 0) is 4.79 Å². The molecular formula is C24H23N3O3. The monoisotopic (exact) mass is 401 g/mol. The van der Waals surface area contributed by atoms with Gasteiger partial charge in [0.05, 0.1) is 6.21 Å². The molecule has 0 saturated heterocycles. The zero-order valence-electron chi connectivity index (χ0n) is 16.9. The van der Waals surface area contributed by atoms with Crippen LogP contribution in [0.2, 0.25) is 0 Å². The Morgan fingerprint density at radius 2 is 1.70 bits per heavy atom. The molecule has 0 aliphatic heterocycles. The number of ether oxygens (including phenoxy) is 1. The van der Waals surface area contributed by atoms with Gasteiger partial charge >= 0.3 is 0 Å². The van der Waals surface area contributed by atoms with Gasteiger partial charge in [-0.25, -0.2) is 5.43 Å². The molecule has 6 heteroatoms. The molecule has 6 nitrogen and oxygen atoms in total. The second kappa shape index (κ2) is 10.0. The average Bonchev–Trinajstić information content (AvgIpc) is 2.73. The van der Waals surface area contributed by atoms with Crippen molar-refractivity contribution < 1.29 is 14.3 Å². The lowest BCUT2D eigenvalue weighted by atomic mass is 10.1. The summed E-state index contributed by atoms with van der Waals surface area (Å²) >= 11 is 0. The number of rotatable bonds is 7. The highest BCUT2D eigenvalue weighted by molar-refractivity contribution is 6.04. The Labute approximate surface area is 175 Å². The highest BCUT2D eigenvalue weighted by atomic mass is 16.5. The third-order valence-electron chi connectivity index (χ3n) is 4.22. The molecule has 3 aromatic rings. The van der Waals surface area contributed by atoms with Crippen LogP contribution in [0, 0.1) is 13.8 Å². The van der Waals surface area contributed by atoms with Gasteiger partial charge in [0.25, 0.3) is 11.8 Å². The van der Waals surface area contributed by atoms with E-state index in [2.05, 4.69) is 15.8 Å². The predicted molar refractivity (Wildman–Crippen MR) is 118 cm³/mol. The van der Waals surface area contributed by atoms with E-state index < -0.39 is 0 Å². The standard InChI is InChI=1S/C24H23N3O3/c1-17-9-11-20(12-10-17)24(29)26-21-7-4-6-19(14-21)15-25-27-23(28)16-30-22-8-3-5-18(2)13-22/h3-15H,16H2,1-2H3,(H,26,29)(H,27,28)/b25-15+. The van der Waals surface area contributed by atoms with Crippen LogP contribution in [0.25, 0.3) is 0 Å². The first kappa shape index (κ1) is 20.8. The van der Waals surface area contributed by atoms with E-state index in [-0.39, 0.29) is 18.4 Å². The van der Waals surface area contributed by atoms with Gasteiger partial charge in [-0.15, -0.1) is 0 Å². The van der Waals surface area contributed by atoms with Crippen LogP contribution in [0.5, 0.6) is 5.75 Å². The Morgan fingerprint density at radius 3 is 2.47 bits per heavy atom. The summed E-state index contributed by atoms with van der Waals surface area (Å²) in [6.07, 6.45) is 1.51. The second-order valence-corrected chi connectivity index (χ2v) is 6.84. The lowest BCUT2D eigenvalue weighted by Gasteiger charge is -2.07. The number of carbonyl (C=O) groups excluding carboxylic acids is 2. The Bertz CT molecular complexity index is 1060. The molecule has 152 valence electrons. The first-order valence-electron chi connectivity index (χ1n) is 9.49. The molecule has 0 bridgehead atoms. The maximum atomic E-state index is 12.3. The van der Waals surface area contributed by atoms with Gasteiger partial charge < -0.3 is 10.1 Å². The van der Waals surface area contributed by atoms with E-state index in [0.29, 0.717) is 17.0 Å². The number of carbonyl (C=O) groups is 2. The Balaban J connectivity index is 1.51. The lowest BCUT2D eigenvalue weighted by Crippen LogP contribution is -2.24. The van der Waals surface area contributed by atoms with Crippen LogP contribution >= 0.6 is 0 Å². The van der Waals surface area contributed by atoms with E-state index in [1.807, 2.05) is 50.2 Å². The fraction of sp³-hybridized carbons (Fsp3) is 0.125. The first-order chi connectivity index (χ1) is 14.5. The summed E-state index contributed by atoms with van der Waals surface area (Å²) in [6.45, 7) is 3.79. The van der Waals surface area contributed by atoms with Gasteiger partial charge in [-0.2, -0.15) is 5.10 Å². The summed E-state index contributed by atoms with van der Waals surface area (Å²) in [5, 5.41) is 6.79. The highest BCUT2D eigenvalue weighted by Gasteiger charge is 2.06. The molecule has 0 aliphatic carbocycles. The molecule has 30 heavy (non-hydrogen) atoms. The minimum Gasteiger partial charge on any atom is -0.484 e. The maximum absolute atomic E-state index is 12.3. The molecule has 3 rings (SSSR count). The van der Waals surface area contributed by atoms with Crippen molar-refractivity contribution >= 4 is 23.7 Å². The van der Waals surface area contributed by atoms with Crippen LogP contribution < -0.4 is 15.5 Å². The number of hydrogen-bond donors (Lipinski definition) is 2.